The number of nitrogens with zero attached hydrogens (tertiary/aromatic N) is 4. The molecular formula is C28H37N5O2S. The van der Waals surface area contributed by atoms with Gasteiger partial charge in [-0.3, -0.25) is 4.79 Å². The number of thiophene rings is 1. The standard InChI is InChI=1S/C28H37N5O2S/c1-20(11-14-29-28(34)27-21(2)30-19-31-22(27)3)32-15-12-24(13-16-32)33(18-26-6-5-17-36-26)23-7-9-25(35-4)10-8-23/h5-10,17,19-20,24H,11-16,18H2,1-4H3,(H,29,34). The van der Waals surface area contributed by atoms with Crippen molar-refractivity contribution in [2.75, 3.05) is 31.6 Å². The molecule has 0 spiro atoms. The van der Waals surface area contributed by atoms with E-state index in [4.69, 9.17) is 4.74 Å². The number of methoxy groups -OCH3 is 1. The Labute approximate surface area is 218 Å². The zero-order valence-electron chi connectivity index (χ0n) is 21.7. The first-order valence-electron chi connectivity index (χ1n) is 12.7. The molecular weight excluding hydrogens is 470 g/mol. The minimum Gasteiger partial charge on any atom is -0.497 e. The Bertz CT molecular complexity index is 1090. The Balaban J connectivity index is 1.31. The fraction of sp³-hybridized carbons (Fsp3) is 0.464. The lowest BCUT2D eigenvalue weighted by Gasteiger charge is -2.41. The largest absolute Gasteiger partial charge is 0.497 e. The quantitative estimate of drug-likeness (QED) is 0.423. The van der Waals surface area contributed by atoms with Gasteiger partial charge in [0, 0.05) is 42.3 Å². The summed E-state index contributed by atoms with van der Waals surface area (Å²) in [5.41, 5.74) is 3.28. The van der Waals surface area contributed by atoms with Gasteiger partial charge in [-0.2, -0.15) is 0 Å². The van der Waals surface area contributed by atoms with Gasteiger partial charge in [-0.15, -0.1) is 11.3 Å². The van der Waals surface area contributed by atoms with E-state index in [0.29, 0.717) is 24.2 Å². The first-order chi connectivity index (χ1) is 17.5. The number of carbonyl (C=O) groups is 1. The van der Waals surface area contributed by atoms with Crippen molar-refractivity contribution in [3.05, 3.63) is 69.9 Å². The molecule has 1 amide bonds. The molecule has 0 radical (unpaired) electrons. The number of nitrogens with one attached hydrogen (secondary N) is 1. The topological polar surface area (TPSA) is 70.6 Å². The van der Waals surface area contributed by atoms with Crippen molar-refractivity contribution in [1.82, 2.24) is 20.2 Å². The molecule has 1 aliphatic rings. The van der Waals surface area contributed by atoms with Gasteiger partial charge in [0.15, 0.2) is 0 Å². The molecule has 3 heterocycles. The molecule has 1 atom stereocenters. The van der Waals surface area contributed by atoms with Crippen LogP contribution in [0.25, 0.3) is 0 Å². The van der Waals surface area contributed by atoms with Gasteiger partial charge in [0.1, 0.15) is 12.1 Å². The van der Waals surface area contributed by atoms with Crippen molar-refractivity contribution in [1.29, 1.82) is 0 Å². The predicted octanol–water partition coefficient (Wildman–Crippen LogP) is 4.84. The van der Waals surface area contributed by atoms with Gasteiger partial charge < -0.3 is 19.9 Å². The first kappa shape index (κ1) is 26.1. The van der Waals surface area contributed by atoms with Crippen LogP contribution in [0.2, 0.25) is 0 Å². The van der Waals surface area contributed by atoms with Gasteiger partial charge >= 0.3 is 0 Å². The molecule has 0 saturated carbocycles. The average molecular weight is 508 g/mol. The first-order valence-corrected chi connectivity index (χ1v) is 13.6. The summed E-state index contributed by atoms with van der Waals surface area (Å²) in [4.78, 5) is 27.5. The summed E-state index contributed by atoms with van der Waals surface area (Å²) in [6.07, 6.45) is 4.66. The zero-order valence-corrected chi connectivity index (χ0v) is 22.6. The van der Waals surface area contributed by atoms with Crippen LogP contribution < -0.4 is 15.0 Å². The molecule has 1 aliphatic heterocycles. The van der Waals surface area contributed by atoms with Gasteiger partial charge in [-0.25, -0.2) is 9.97 Å². The van der Waals surface area contributed by atoms with Gasteiger partial charge in [-0.05, 0) is 75.7 Å². The number of rotatable bonds is 10. The van der Waals surface area contributed by atoms with E-state index in [0.717, 1.165) is 56.0 Å². The monoisotopic (exact) mass is 507 g/mol. The van der Waals surface area contributed by atoms with E-state index < -0.39 is 0 Å². The Morgan fingerprint density at radius 3 is 2.47 bits per heavy atom. The number of aromatic nitrogens is 2. The lowest BCUT2D eigenvalue weighted by atomic mass is 9.99. The average Bonchev–Trinajstić information content (AvgIpc) is 3.41. The van der Waals surface area contributed by atoms with E-state index in [1.807, 2.05) is 37.3 Å². The smallest absolute Gasteiger partial charge is 0.254 e. The number of anilines is 1. The minimum atomic E-state index is -0.0831. The van der Waals surface area contributed by atoms with E-state index in [9.17, 15) is 4.79 Å². The summed E-state index contributed by atoms with van der Waals surface area (Å²) in [6, 6.07) is 13.7. The number of aryl methyl sites for hydroxylation is 2. The highest BCUT2D eigenvalue weighted by molar-refractivity contribution is 7.09. The van der Waals surface area contributed by atoms with E-state index in [1.54, 1.807) is 7.11 Å². The van der Waals surface area contributed by atoms with Crippen LogP contribution in [0, 0.1) is 13.8 Å². The molecule has 0 bridgehead atoms. The third kappa shape index (κ3) is 6.42. The van der Waals surface area contributed by atoms with Crippen molar-refractivity contribution >= 4 is 22.9 Å². The number of ether oxygens (including phenoxy) is 1. The van der Waals surface area contributed by atoms with Crippen molar-refractivity contribution in [2.45, 2.75) is 58.7 Å². The molecule has 8 heteroatoms. The summed E-state index contributed by atoms with van der Waals surface area (Å²) < 4.78 is 5.37. The molecule has 1 saturated heterocycles. The maximum atomic E-state index is 12.7. The van der Waals surface area contributed by atoms with Crippen LogP contribution in [0.5, 0.6) is 5.75 Å². The van der Waals surface area contributed by atoms with Crippen LogP contribution >= 0.6 is 11.3 Å². The summed E-state index contributed by atoms with van der Waals surface area (Å²) in [5.74, 6) is 0.802. The maximum absolute atomic E-state index is 12.7. The predicted molar refractivity (Wildman–Crippen MR) is 146 cm³/mol. The number of hydrogen-bond acceptors (Lipinski definition) is 7. The highest BCUT2D eigenvalue weighted by Crippen LogP contribution is 2.29. The fourth-order valence-electron chi connectivity index (χ4n) is 5.00. The van der Waals surface area contributed by atoms with Crippen molar-refractivity contribution < 1.29 is 9.53 Å². The second-order valence-corrected chi connectivity index (χ2v) is 10.5. The Hall–Kier alpha value is -2.97. The Morgan fingerprint density at radius 1 is 1.17 bits per heavy atom. The molecule has 192 valence electrons. The summed E-state index contributed by atoms with van der Waals surface area (Å²) in [5, 5.41) is 5.22. The number of likely N-dealkylation sites (tertiary alicyclic amines) is 1. The van der Waals surface area contributed by atoms with E-state index >= 15 is 0 Å². The fourth-order valence-corrected chi connectivity index (χ4v) is 5.70. The van der Waals surface area contributed by atoms with Crippen molar-refractivity contribution in [3.63, 3.8) is 0 Å². The van der Waals surface area contributed by atoms with Gasteiger partial charge in [-0.1, -0.05) is 6.07 Å². The number of piperidine rings is 1. The molecule has 1 aromatic carbocycles. The zero-order chi connectivity index (χ0) is 25.5. The second kappa shape index (κ2) is 12.3. The Morgan fingerprint density at radius 2 is 1.86 bits per heavy atom. The molecule has 3 aromatic rings. The summed E-state index contributed by atoms with van der Waals surface area (Å²) >= 11 is 1.82. The second-order valence-electron chi connectivity index (χ2n) is 9.49. The number of benzene rings is 1. The number of carbonyl (C=O) groups excluding carboxylic acids is 1. The molecule has 0 aliphatic carbocycles. The molecule has 1 fully saturated rings. The lowest BCUT2D eigenvalue weighted by Crippen LogP contribution is -2.48. The highest BCUT2D eigenvalue weighted by atomic mass is 32.1. The van der Waals surface area contributed by atoms with Gasteiger partial charge in [0.2, 0.25) is 0 Å². The van der Waals surface area contributed by atoms with Crippen molar-refractivity contribution in [2.24, 2.45) is 0 Å². The van der Waals surface area contributed by atoms with Gasteiger partial charge in [0.05, 0.1) is 30.6 Å². The lowest BCUT2D eigenvalue weighted by molar-refractivity contribution is 0.0943. The van der Waals surface area contributed by atoms with Crippen LogP contribution in [-0.4, -0.2) is 59.6 Å². The Kier molecular flexibility index (Phi) is 8.93. The van der Waals surface area contributed by atoms with Gasteiger partial charge in [0.25, 0.3) is 5.91 Å². The van der Waals surface area contributed by atoms with Crippen LogP contribution in [0.15, 0.2) is 48.1 Å². The van der Waals surface area contributed by atoms with Crippen LogP contribution in [-0.2, 0) is 6.54 Å². The van der Waals surface area contributed by atoms with Crippen LogP contribution in [0.4, 0.5) is 5.69 Å². The van der Waals surface area contributed by atoms with Crippen molar-refractivity contribution in [3.8, 4) is 5.75 Å². The minimum absolute atomic E-state index is 0.0831. The normalized spacial score (nSPS) is 15.4. The van der Waals surface area contributed by atoms with E-state index in [-0.39, 0.29) is 5.91 Å². The number of amides is 1. The molecule has 4 rings (SSSR count). The maximum Gasteiger partial charge on any atom is 0.254 e. The van der Waals surface area contributed by atoms with Crippen LogP contribution in [0.1, 0.15) is 52.8 Å². The molecule has 1 unspecified atom stereocenters. The highest BCUT2D eigenvalue weighted by Gasteiger charge is 2.27. The molecule has 1 N–H and O–H groups in total. The molecule has 36 heavy (non-hydrogen) atoms. The van der Waals surface area contributed by atoms with Crippen LogP contribution in [0.3, 0.4) is 0 Å². The number of hydrogen-bond donors (Lipinski definition) is 1. The SMILES string of the molecule is COc1ccc(N(Cc2cccs2)C2CCN(C(C)CCNC(=O)c3c(C)ncnc3C)CC2)cc1. The molecule has 7 nitrogen and oxygen atoms in total. The van der Waals surface area contributed by atoms with E-state index in [1.165, 1.54) is 16.9 Å². The summed E-state index contributed by atoms with van der Waals surface area (Å²) in [6.45, 7) is 9.65. The summed E-state index contributed by atoms with van der Waals surface area (Å²) in [7, 11) is 1.71. The molecule has 2 aromatic heterocycles. The van der Waals surface area contributed by atoms with E-state index in [2.05, 4.69) is 61.7 Å². The third-order valence-electron chi connectivity index (χ3n) is 7.17. The third-order valence-corrected chi connectivity index (χ3v) is 8.04.